The van der Waals surface area contributed by atoms with Crippen molar-refractivity contribution in [1.29, 1.82) is 0 Å². The van der Waals surface area contributed by atoms with Gasteiger partial charge in [-0.1, -0.05) is 0 Å². The van der Waals surface area contributed by atoms with Crippen molar-refractivity contribution in [1.82, 2.24) is 24.6 Å². The molecule has 8 nitrogen and oxygen atoms in total. The number of aryl methyl sites for hydroxylation is 1. The van der Waals surface area contributed by atoms with Crippen LogP contribution in [0.25, 0.3) is 0 Å². The van der Waals surface area contributed by atoms with Crippen LogP contribution < -0.4 is 9.64 Å². The predicted molar refractivity (Wildman–Crippen MR) is 119 cm³/mol. The molecule has 1 fully saturated rings. The van der Waals surface area contributed by atoms with Gasteiger partial charge in [0.1, 0.15) is 17.7 Å². The second kappa shape index (κ2) is 10.1. The van der Waals surface area contributed by atoms with Crippen molar-refractivity contribution < 1.29 is 13.9 Å². The molecule has 0 spiro atoms. The number of aromatic nitrogens is 4. The highest BCUT2D eigenvalue weighted by molar-refractivity contribution is 5.26. The van der Waals surface area contributed by atoms with Gasteiger partial charge < -0.3 is 14.4 Å². The summed E-state index contributed by atoms with van der Waals surface area (Å²) in [5.74, 6) is 1.09. The lowest BCUT2D eigenvalue weighted by molar-refractivity contribution is -0.0352. The first-order valence-electron chi connectivity index (χ1n) is 10.7. The van der Waals surface area contributed by atoms with Crippen LogP contribution in [-0.4, -0.2) is 65.0 Å². The molecule has 0 N–H and O–H groups in total. The average Bonchev–Trinajstić information content (AvgIpc) is 3.16. The molecule has 32 heavy (non-hydrogen) atoms. The monoisotopic (exact) mass is 440 g/mol. The van der Waals surface area contributed by atoms with E-state index < -0.39 is 0 Å². The SMILES string of the molecule is CN(C)c1ncc(CN2CCO[C@H](c3cc(CCOc4ccc(F)cc4)n(C)n3)C2)cn1. The second-order valence-corrected chi connectivity index (χ2v) is 8.12. The molecule has 3 heterocycles. The maximum absolute atomic E-state index is 13.0. The van der Waals surface area contributed by atoms with E-state index in [2.05, 4.69) is 26.0 Å². The average molecular weight is 441 g/mol. The molecule has 0 amide bonds. The summed E-state index contributed by atoms with van der Waals surface area (Å²) in [5, 5.41) is 4.67. The molecular weight excluding hydrogens is 411 g/mol. The Morgan fingerprint density at radius 3 is 2.66 bits per heavy atom. The maximum atomic E-state index is 13.0. The molecule has 1 saturated heterocycles. The molecule has 0 saturated carbocycles. The summed E-state index contributed by atoms with van der Waals surface area (Å²) in [7, 11) is 5.79. The summed E-state index contributed by atoms with van der Waals surface area (Å²) in [6.07, 6.45) is 4.38. The van der Waals surface area contributed by atoms with Crippen LogP contribution in [0.2, 0.25) is 0 Å². The third-order valence-electron chi connectivity index (χ3n) is 5.41. The van der Waals surface area contributed by atoms with Gasteiger partial charge in [0.25, 0.3) is 0 Å². The van der Waals surface area contributed by atoms with Crippen LogP contribution in [0, 0.1) is 5.82 Å². The van der Waals surface area contributed by atoms with E-state index in [-0.39, 0.29) is 11.9 Å². The maximum Gasteiger partial charge on any atom is 0.224 e. The van der Waals surface area contributed by atoms with Crippen molar-refractivity contribution in [3.8, 4) is 5.75 Å². The highest BCUT2D eigenvalue weighted by Crippen LogP contribution is 2.23. The van der Waals surface area contributed by atoms with Crippen LogP contribution in [0.5, 0.6) is 5.75 Å². The minimum atomic E-state index is -0.270. The van der Waals surface area contributed by atoms with E-state index in [4.69, 9.17) is 9.47 Å². The van der Waals surface area contributed by atoms with Gasteiger partial charge >= 0.3 is 0 Å². The lowest BCUT2D eigenvalue weighted by Crippen LogP contribution is -2.38. The third-order valence-corrected chi connectivity index (χ3v) is 5.41. The number of morpholine rings is 1. The Hall–Kier alpha value is -3.04. The highest BCUT2D eigenvalue weighted by Gasteiger charge is 2.25. The summed E-state index contributed by atoms with van der Waals surface area (Å²) in [4.78, 5) is 13.0. The molecule has 3 aromatic rings. The summed E-state index contributed by atoms with van der Waals surface area (Å²) in [6, 6.07) is 8.14. The summed E-state index contributed by atoms with van der Waals surface area (Å²) < 4.78 is 26.6. The smallest absolute Gasteiger partial charge is 0.224 e. The van der Waals surface area contributed by atoms with E-state index >= 15 is 0 Å². The largest absolute Gasteiger partial charge is 0.493 e. The van der Waals surface area contributed by atoms with Crippen molar-refractivity contribution >= 4 is 5.95 Å². The highest BCUT2D eigenvalue weighted by atomic mass is 19.1. The Morgan fingerprint density at radius 1 is 1.19 bits per heavy atom. The second-order valence-electron chi connectivity index (χ2n) is 8.12. The standard InChI is InChI=1S/C23H29FN6O2/c1-28(2)23-25-13-17(14-26-23)15-30-9-11-32-22(16-30)21-12-19(29(3)27-21)8-10-31-20-6-4-18(24)5-7-20/h4-7,12-14,22H,8-11,15-16H2,1-3H3/t22-/m0/s1. The van der Waals surface area contributed by atoms with Gasteiger partial charge in [-0.2, -0.15) is 5.10 Å². The van der Waals surface area contributed by atoms with Crippen LogP contribution in [0.15, 0.2) is 42.7 Å². The fraction of sp³-hybridized carbons (Fsp3) is 0.435. The minimum absolute atomic E-state index is 0.0799. The fourth-order valence-corrected chi connectivity index (χ4v) is 3.67. The van der Waals surface area contributed by atoms with Crippen molar-refractivity contribution in [3.05, 3.63) is 65.5 Å². The van der Waals surface area contributed by atoms with Gasteiger partial charge in [0, 0.05) is 70.8 Å². The molecule has 1 aliphatic rings. The van der Waals surface area contributed by atoms with Crippen LogP contribution in [0.4, 0.5) is 10.3 Å². The predicted octanol–water partition coefficient (Wildman–Crippen LogP) is 2.61. The van der Waals surface area contributed by atoms with E-state index in [9.17, 15) is 4.39 Å². The first-order chi connectivity index (χ1) is 15.5. The first-order valence-corrected chi connectivity index (χ1v) is 10.7. The molecule has 9 heteroatoms. The van der Waals surface area contributed by atoms with Crippen molar-refractivity contribution in [2.75, 3.05) is 45.3 Å². The van der Waals surface area contributed by atoms with Crippen LogP contribution in [0.1, 0.15) is 23.1 Å². The normalized spacial score (nSPS) is 16.8. The number of anilines is 1. The molecular formula is C23H29FN6O2. The van der Waals surface area contributed by atoms with E-state index in [1.165, 1.54) is 12.1 Å². The Labute approximate surface area is 187 Å². The Bertz CT molecular complexity index is 1010. The van der Waals surface area contributed by atoms with E-state index in [0.29, 0.717) is 31.3 Å². The molecule has 1 aromatic carbocycles. The van der Waals surface area contributed by atoms with Gasteiger partial charge in [0.15, 0.2) is 0 Å². The fourth-order valence-electron chi connectivity index (χ4n) is 3.67. The lowest BCUT2D eigenvalue weighted by atomic mass is 10.1. The van der Waals surface area contributed by atoms with Gasteiger partial charge in [0.05, 0.1) is 18.9 Å². The number of hydrogen-bond donors (Lipinski definition) is 0. The first kappa shape index (κ1) is 22.2. The summed E-state index contributed by atoms with van der Waals surface area (Å²) >= 11 is 0. The molecule has 0 aliphatic carbocycles. The lowest BCUT2D eigenvalue weighted by Gasteiger charge is -2.32. The summed E-state index contributed by atoms with van der Waals surface area (Å²) in [6.45, 7) is 3.54. The van der Waals surface area contributed by atoms with Crippen molar-refractivity contribution in [2.45, 2.75) is 19.1 Å². The molecule has 0 radical (unpaired) electrons. The van der Waals surface area contributed by atoms with Crippen LogP contribution >= 0.6 is 0 Å². The number of ether oxygens (including phenoxy) is 2. The molecule has 1 aliphatic heterocycles. The number of nitrogens with zero attached hydrogens (tertiary/aromatic N) is 6. The number of halogens is 1. The Morgan fingerprint density at radius 2 is 1.94 bits per heavy atom. The molecule has 2 aromatic heterocycles. The van der Waals surface area contributed by atoms with E-state index in [1.54, 1.807) is 12.1 Å². The number of rotatable bonds is 8. The van der Waals surface area contributed by atoms with Gasteiger partial charge in [-0.25, -0.2) is 14.4 Å². The van der Waals surface area contributed by atoms with Gasteiger partial charge in [-0.15, -0.1) is 0 Å². The number of hydrogen-bond acceptors (Lipinski definition) is 7. The van der Waals surface area contributed by atoms with Crippen LogP contribution in [0.3, 0.4) is 0 Å². The van der Waals surface area contributed by atoms with Gasteiger partial charge in [0.2, 0.25) is 5.95 Å². The zero-order valence-electron chi connectivity index (χ0n) is 18.7. The Balaban J connectivity index is 1.32. The molecule has 4 rings (SSSR count). The summed E-state index contributed by atoms with van der Waals surface area (Å²) in [5.41, 5.74) is 3.07. The van der Waals surface area contributed by atoms with Gasteiger partial charge in [-0.05, 0) is 30.3 Å². The minimum Gasteiger partial charge on any atom is -0.493 e. The number of benzene rings is 1. The molecule has 0 bridgehead atoms. The van der Waals surface area contributed by atoms with Crippen LogP contribution in [-0.2, 0) is 24.8 Å². The zero-order chi connectivity index (χ0) is 22.5. The van der Waals surface area contributed by atoms with E-state index in [0.717, 1.165) is 36.6 Å². The Kier molecular flexibility index (Phi) is 6.96. The third kappa shape index (κ3) is 5.60. The quantitative estimate of drug-likeness (QED) is 0.533. The zero-order valence-corrected chi connectivity index (χ0v) is 18.7. The van der Waals surface area contributed by atoms with Crippen molar-refractivity contribution in [2.24, 2.45) is 7.05 Å². The van der Waals surface area contributed by atoms with Crippen molar-refractivity contribution in [3.63, 3.8) is 0 Å². The molecule has 0 unspecified atom stereocenters. The molecule has 1 atom stereocenters. The van der Waals surface area contributed by atoms with E-state index in [1.807, 2.05) is 43.1 Å². The molecule has 170 valence electrons. The topological polar surface area (TPSA) is 68.5 Å². The van der Waals surface area contributed by atoms with Gasteiger partial charge in [-0.3, -0.25) is 9.58 Å².